The van der Waals surface area contributed by atoms with E-state index in [0.717, 1.165) is 37.0 Å². The first-order valence-corrected chi connectivity index (χ1v) is 14.5. The second kappa shape index (κ2) is 10.4. The van der Waals surface area contributed by atoms with E-state index in [1.54, 1.807) is 12.1 Å². The van der Waals surface area contributed by atoms with Gasteiger partial charge < -0.3 is 28.4 Å². The number of ether oxygens (including phenoxy) is 2. The van der Waals surface area contributed by atoms with Gasteiger partial charge in [0.2, 0.25) is 0 Å². The van der Waals surface area contributed by atoms with Gasteiger partial charge in [-0.15, -0.1) is 29.6 Å². The lowest BCUT2D eigenvalue weighted by atomic mass is 9.99. The first kappa shape index (κ1) is 27.0. The molecule has 1 saturated carbocycles. The lowest BCUT2D eigenvalue weighted by Crippen LogP contribution is -2.45. The summed E-state index contributed by atoms with van der Waals surface area (Å²) in [4.78, 5) is 14.1. The number of hydrogen-bond acceptors (Lipinski definition) is 10. The number of alkyl halides is 3. The second-order valence-electron chi connectivity index (χ2n) is 10.7. The van der Waals surface area contributed by atoms with Crippen molar-refractivity contribution in [3.8, 4) is 27.8 Å². The molecular weight excluding hydrogens is 577 g/mol. The van der Waals surface area contributed by atoms with E-state index in [9.17, 15) is 23.1 Å². The minimum Gasteiger partial charge on any atom is -0.477 e. The molecule has 0 spiro atoms. The number of carboxylic acid groups (broad SMARTS) is 1. The third-order valence-electron chi connectivity index (χ3n) is 7.95. The van der Waals surface area contributed by atoms with Crippen LogP contribution in [0.2, 0.25) is 0 Å². The van der Waals surface area contributed by atoms with E-state index < -0.39 is 12.3 Å². The Morgan fingerprint density at radius 2 is 1.83 bits per heavy atom. The molecule has 5 heterocycles. The molecular formula is C28H25F3N4O6S. The van der Waals surface area contributed by atoms with Crippen LogP contribution in [0.15, 0.2) is 45.3 Å². The zero-order chi connectivity index (χ0) is 29.0. The number of rotatable bonds is 9. The normalized spacial score (nSPS) is 22.1. The van der Waals surface area contributed by atoms with Crippen molar-refractivity contribution >= 4 is 23.3 Å². The fourth-order valence-electron chi connectivity index (χ4n) is 5.98. The third-order valence-corrected chi connectivity index (χ3v) is 9.01. The first-order chi connectivity index (χ1) is 20.2. The molecule has 0 amide bonds. The van der Waals surface area contributed by atoms with Gasteiger partial charge in [-0.2, -0.15) is 0 Å². The highest BCUT2D eigenvalue weighted by Gasteiger charge is 2.44. The Morgan fingerprint density at radius 1 is 1.07 bits per heavy atom. The molecule has 2 saturated heterocycles. The summed E-state index contributed by atoms with van der Waals surface area (Å²) < 4.78 is 61.6. The van der Waals surface area contributed by atoms with Crippen LogP contribution in [0.3, 0.4) is 0 Å². The summed E-state index contributed by atoms with van der Waals surface area (Å²) in [6, 6.07) is 9.71. The number of piperidine rings is 1. The van der Waals surface area contributed by atoms with Crippen LogP contribution in [0, 0.1) is 0 Å². The van der Waals surface area contributed by atoms with Crippen molar-refractivity contribution in [1.29, 1.82) is 0 Å². The van der Waals surface area contributed by atoms with Crippen LogP contribution in [0.5, 0.6) is 5.75 Å². The SMILES string of the molecule is O=C(O)c1ccc(-c2nnc(N3[C@@H]4CC[C@H]3C[C@@H](OCc3c(-c5ccccc5OC(F)(F)F)noc3C3CC3)C4)o2)s1. The molecule has 2 bridgehead atoms. The van der Waals surface area contributed by atoms with Gasteiger partial charge in [0.25, 0.3) is 5.89 Å². The van der Waals surface area contributed by atoms with Gasteiger partial charge in [0.15, 0.2) is 0 Å². The molecule has 3 aromatic heterocycles. The van der Waals surface area contributed by atoms with Gasteiger partial charge in [-0.3, -0.25) is 0 Å². The number of thiophene rings is 1. The van der Waals surface area contributed by atoms with Crippen LogP contribution < -0.4 is 9.64 Å². The number of halogens is 3. The first-order valence-electron chi connectivity index (χ1n) is 13.6. The molecule has 1 aliphatic carbocycles. The molecule has 2 aliphatic heterocycles. The largest absolute Gasteiger partial charge is 0.573 e. The lowest BCUT2D eigenvalue weighted by Gasteiger charge is -2.37. The van der Waals surface area contributed by atoms with Crippen molar-refractivity contribution < 1.29 is 41.5 Å². The summed E-state index contributed by atoms with van der Waals surface area (Å²) in [6.07, 6.45) is 0.213. The number of carboxylic acids is 1. The standard InChI is InChI=1S/C28H25F3N4O6S/c29-28(30,31)40-20-4-2-1-3-18(20)23-19(24(41-34-23)14-5-6-14)13-38-17-11-15-7-8-16(12-17)35(15)27-33-32-25(39-27)21-9-10-22(42-21)26(36)37/h1-4,9-10,14-17H,5-8,11-13H2,(H,36,37)/t15-,16+,17+. The maximum atomic E-state index is 13.1. The fraction of sp³-hybridized carbons (Fsp3) is 0.429. The lowest BCUT2D eigenvalue weighted by molar-refractivity contribution is -0.274. The summed E-state index contributed by atoms with van der Waals surface area (Å²) in [7, 11) is 0. The molecule has 1 N–H and O–H groups in total. The molecule has 7 rings (SSSR count). The molecule has 10 nitrogen and oxygen atoms in total. The van der Waals surface area contributed by atoms with Crippen LogP contribution in [-0.2, 0) is 11.3 Å². The second-order valence-corrected chi connectivity index (χ2v) is 11.8. The average molecular weight is 603 g/mol. The molecule has 0 radical (unpaired) electrons. The highest BCUT2D eigenvalue weighted by Crippen LogP contribution is 2.46. The van der Waals surface area contributed by atoms with E-state index in [2.05, 4.69) is 25.0 Å². The Hall–Kier alpha value is -3.91. The number of carbonyl (C=O) groups is 1. The van der Waals surface area contributed by atoms with E-state index >= 15 is 0 Å². The van der Waals surface area contributed by atoms with Crippen molar-refractivity contribution in [3.05, 3.63) is 52.6 Å². The summed E-state index contributed by atoms with van der Waals surface area (Å²) in [5, 5.41) is 21.8. The maximum Gasteiger partial charge on any atom is 0.573 e. The predicted molar refractivity (Wildman–Crippen MR) is 142 cm³/mol. The molecule has 0 unspecified atom stereocenters. The van der Waals surface area contributed by atoms with Crippen molar-refractivity contribution in [3.63, 3.8) is 0 Å². The Labute approximate surface area is 241 Å². The van der Waals surface area contributed by atoms with Gasteiger partial charge in [-0.25, -0.2) is 4.79 Å². The van der Waals surface area contributed by atoms with E-state index in [0.29, 0.717) is 40.8 Å². The van der Waals surface area contributed by atoms with Gasteiger partial charge in [-0.1, -0.05) is 22.4 Å². The van der Waals surface area contributed by atoms with Crippen LogP contribution in [0.1, 0.15) is 65.4 Å². The summed E-state index contributed by atoms with van der Waals surface area (Å²) >= 11 is 1.08. The van der Waals surface area contributed by atoms with E-state index in [4.69, 9.17) is 13.7 Å². The average Bonchev–Trinajstić information content (AvgIpc) is 3.29. The summed E-state index contributed by atoms with van der Waals surface area (Å²) in [5.74, 6) is -0.227. The van der Waals surface area contributed by atoms with E-state index in [1.165, 1.54) is 24.3 Å². The molecule has 4 aromatic rings. The van der Waals surface area contributed by atoms with Gasteiger partial charge in [-0.05, 0) is 62.8 Å². The monoisotopic (exact) mass is 602 g/mol. The molecule has 3 atom stereocenters. The molecule has 3 aliphatic rings. The topological polar surface area (TPSA) is 124 Å². The van der Waals surface area contributed by atoms with E-state index in [1.807, 2.05) is 0 Å². The van der Waals surface area contributed by atoms with Crippen LogP contribution in [-0.4, -0.2) is 51.0 Å². The number of nitrogens with zero attached hydrogens (tertiary/aromatic N) is 4. The molecule has 42 heavy (non-hydrogen) atoms. The molecule has 3 fully saturated rings. The van der Waals surface area contributed by atoms with Gasteiger partial charge >= 0.3 is 18.3 Å². The highest BCUT2D eigenvalue weighted by atomic mass is 32.1. The Balaban J connectivity index is 1.07. The molecule has 220 valence electrons. The quantitative estimate of drug-likeness (QED) is 0.223. The number of hydrogen-bond donors (Lipinski definition) is 1. The molecule has 14 heteroatoms. The number of benzene rings is 1. The highest BCUT2D eigenvalue weighted by molar-refractivity contribution is 7.17. The predicted octanol–water partition coefficient (Wildman–Crippen LogP) is 6.64. The van der Waals surface area contributed by atoms with Gasteiger partial charge in [0.1, 0.15) is 22.1 Å². The number of anilines is 1. The number of para-hydroxylation sites is 1. The number of fused-ring (bicyclic) bond motifs is 2. The van der Waals surface area contributed by atoms with Crippen molar-refractivity contribution in [1.82, 2.24) is 15.4 Å². The minimum atomic E-state index is -4.84. The summed E-state index contributed by atoms with van der Waals surface area (Å²) in [6.45, 7) is 0.157. The van der Waals surface area contributed by atoms with Crippen molar-refractivity contribution in [2.45, 2.75) is 75.6 Å². The number of aromatic carboxylic acids is 1. The van der Waals surface area contributed by atoms with E-state index in [-0.39, 0.29) is 52.8 Å². The minimum absolute atomic E-state index is 0.0898. The zero-order valence-corrected chi connectivity index (χ0v) is 22.9. The fourth-order valence-corrected chi connectivity index (χ4v) is 6.75. The smallest absolute Gasteiger partial charge is 0.477 e. The zero-order valence-electron chi connectivity index (χ0n) is 22.0. The van der Waals surface area contributed by atoms with Gasteiger partial charge in [0.05, 0.1) is 17.6 Å². The molecule has 1 aromatic carbocycles. The van der Waals surface area contributed by atoms with Crippen LogP contribution >= 0.6 is 11.3 Å². The number of aromatic nitrogens is 3. The summed E-state index contributed by atoms with van der Waals surface area (Å²) in [5.41, 5.74) is 1.16. The van der Waals surface area contributed by atoms with Crippen molar-refractivity contribution in [2.24, 2.45) is 0 Å². The Morgan fingerprint density at radius 3 is 2.52 bits per heavy atom. The Bertz CT molecular complexity index is 1600. The van der Waals surface area contributed by atoms with Crippen molar-refractivity contribution in [2.75, 3.05) is 4.90 Å². The van der Waals surface area contributed by atoms with Crippen LogP contribution in [0.4, 0.5) is 19.2 Å². The van der Waals surface area contributed by atoms with Crippen LogP contribution in [0.25, 0.3) is 22.0 Å². The Kier molecular flexibility index (Phi) is 6.69. The maximum absolute atomic E-state index is 13.1. The third kappa shape index (κ3) is 5.24. The van der Waals surface area contributed by atoms with Gasteiger partial charge in [0, 0.05) is 29.1 Å².